The number of benzene rings is 2. The molecule has 4 rings (SSSR count). The smallest absolute Gasteiger partial charge is 0.254 e. The molecule has 0 atom stereocenters. The van der Waals surface area contributed by atoms with Gasteiger partial charge in [-0.3, -0.25) is 4.79 Å². The van der Waals surface area contributed by atoms with Gasteiger partial charge < -0.3 is 14.2 Å². The Kier molecular flexibility index (Phi) is 4.21. The second-order valence-corrected chi connectivity index (χ2v) is 6.53. The van der Waals surface area contributed by atoms with Crippen LogP contribution >= 0.6 is 0 Å². The Morgan fingerprint density at radius 3 is 2.46 bits per heavy atom. The van der Waals surface area contributed by atoms with E-state index in [1.165, 1.54) is 0 Å². The number of amides is 1. The summed E-state index contributed by atoms with van der Waals surface area (Å²) in [5.41, 5.74) is 4.05. The fourth-order valence-electron chi connectivity index (χ4n) is 3.30. The minimum Gasteiger partial charge on any atom is -0.497 e. The lowest BCUT2D eigenvalue weighted by molar-refractivity contribution is 0.0708. The van der Waals surface area contributed by atoms with Crippen LogP contribution in [0.5, 0.6) is 5.75 Å². The first kappa shape index (κ1) is 16.4. The molecule has 0 saturated carbocycles. The van der Waals surface area contributed by atoms with Crippen LogP contribution in [0.15, 0.2) is 54.7 Å². The van der Waals surface area contributed by atoms with Crippen molar-refractivity contribution in [3.63, 3.8) is 0 Å². The van der Waals surface area contributed by atoms with E-state index in [9.17, 15) is 4.79 Å². The first-order valence-electron chi connectivity index (χ1n) is 8.70. The van der Waals surface area contributed by atoms with Crippen LogP contribution in [0.3, 0.4) is 0 Å². The molecule has 1 aliphatic heterocycles. The molecule has 2 heterocycles. The highest BCUT2D eigenvalue weighted by Gasteiger charge is 2.24. The van der Waals surface area contributed by atoms with E-state index in [2.05, 4.69) is 9.55 Å². The number of hydrogen-bond acceptors (Lipinski definition) is 3. The maximum absolute atomic E-state index is 12.7. The molecule has 0 fully saturated rings. The fraction of sp³-hybridized carbons (Fsp3) is 0.238. The standard InChI is InChI=1S/C21H21N3O2/c1-15-3-5-17(6-4-15)21(25)23-11-12-24-19(13-22-20(24)14-23)16-7-9-18(26-2)10-8-16/h3-10,13H,11-12,14H2,1-2H3. The molecule has 132 valence electrons. The zero-order valence-corrected chi connectivity index (χ0v) is 15.0. The van der Waals surface area contributed by atoms with Gasteiger partial charge in [-0.2, -0.15) is 0 Å². The first-order chi connectivity index (χ1) is 12.7. The van der Waals surface area contributed by atoms with Crippen LogP contribution in [-0.4, -0.2) is 34.0 Å². The van der Waals surface area contributed by atoms with Crippen LogP contribution in [0.25, 0.3) is 11.3 Å². The summed E-state index contributed by atoms with van der Waals surface area (Å²) in [7, 11) is 1.66. The largest absolute Gasteiger partial charge is 0.497 e. The van der Waals surface area contributed by atoms with Crippen molar-refractivity contribution in [1.29, 1.82) is 0 Å². The summed E-state index contributed by atoms with van der Waals surface area (Å²) in [6.45, 7) is 3.98. The molecule has 3 aromatic rings. The van der Waals surface area contributed by atoms with Gasteiger partial charge in [-0.15, -0.1) is 0 Å². The molecule has 0 spiro atoms. The average molecular weight is 347 g/mol. The van der Waals surface area contributed by atoms with E-state index in [4.69, 9.17) is 4.74 Å². The van der Waals surface area contributed by atoms with E-state index in [1.807, 2.05) is 66.6 Å². The molecular weight excluding hydrogens is 326 g/mol. The molecule has 0 bridgehead atoms. The van der Waals surface area contributed by atoms with Gasteiger partial charge in [0.2, 0.25) is 0 Å². The Hall–Kier alpha value is -3.08. The number of methoxy groups -OCH3 is 1. The van der Waals surface area contributed by atoms with E-state index in [1.54, 1.807) is 7.11 Å². The Bertz CT molecular complexity index is 927. The predicted octanol–water partition coefficient (Wildman–Crippen LogP) is 3.52. The number of rotatable bonds is 3. The van der Waals surface area contributed by atoms with Gasteiger partial charge in [0.25, 0.3) is 5.91 Å². The molecule has 0 N–H and O–H groups in total. The van der Waals surface area contributed by atoms with E-state index in [0.29, 0.717) is 13.1 Å². The van der Waals surface area contributed by atoms with Crippen molar-refractivity contribution >= 4 is 5.91 Å². The monoisotopic (exact) mass is 347 g/mol. The number of ether oxygens (including phenoxy) is 1. The van der Waals surface area contributed by atoms with Gasteiger partial charge in [-0.25, -0.2) is 4.98 Å². The van der Waals surface area contributed by atoms with Gasteiger partial charge in [0.05, 0.1) is 25.5 Å². The van der Waals surface area contributed by atoms with Gasteiger partial charge in [-0.05, 0) is 43.3 Å². The Balaban J connectivity index is 1.55. The normalized spacial score (nSPS) is 13.4. The molecule has 1 amide bonds. The quantitative estimate of drug-likeness (QED) is 0.728. The SMILES string of the molecule is COc1ccc(-c2cnc3n2CCN(C(=O)c2ccc(C)cc2)C3)cc1. The van der Waals surface area contributed by atoms with E-state index < -0.39 is 0 Å². The van der Waals surface area contributed by atoms with Crippen molar-refractivity contribution in [3.8, 4) is 17.0 Å². The van der Waals surface area contributed by atoms with Crippen molar-refractivity contribution in [2.75, 3.05) is 13.7 Å². The van der Waals surface area contributed by atoms with Gasteiger partial charge in [0.15, 0.2) is 0 Å². The number of aryl methyl sites for hydroxylation is 1. The number of aromatic nitrogens is 2. The Labute approximate surface area is 152 Å². The lowest BCUT2D eigenvalue weighted by atomic mass is 10.1. The van der Waals surface area contributed by atoms with Crippen LogP contribution in [-0.2, 0) is 13.1 Å². The highest BCUT2D eigenvalue weighted by molar-refractivity contribution is 5.94. The first-order valence-corrected chi connectivity index (χ1v) is 8.70. The Morgan fingerprint density at radius 1 is 1.04 bits per heavy atom. The second-order valence-electron chi connectivity index (χ2n) is 6.53. The molecule has 5 nitrogen and oxygen atoms in total. The van der Waals surface area contributed by atoms with Crippen LogP contribution < -0.4 is 4.74 Å². The molecule has 0 aliphatic carbocycles. The lowest BCUT2D eigenvalue weighted by Crippen LogP contribution is -2.38. The van der Waals surface area contributed by atoms with E-state index >= 15 is 0 Å². The third-order valence-corrected chi connectivity index (χ3v) is 4.84. The van der Waals surface area contributed by atoms with Crippen LogP contribution in [0.1, 0.15) is 21.7 Å². The second kappa shape index (κ2) is 6.67. The van der Waals surface area contributed by atoms with Crippen molar-refractivity contribution in [2.45, 2.75) is 20.0 Å². The van der Waals surface area contributed by atoms with Gasteiger partial charge in [0, 0.05) is 24.2 Å². The molecule has 0 radical (unpaired) electrons. The molecular formula is C21H21N3O2. The third kappa shape index (κ3) is 2.96. The van der Waals surface area contributed by atoms with Crippen molar-refractivity contribution < 1.29 is 9.53 Å². The van der Waals surface area contributed by atoms with Gasteiger partial charge in [-0.1, -0.05) is 17.7 Å². The number of imidazole rings is 1. The summed E-state index contributed by atoms with van der Waals surface area (Å²) in [5.74, 6) is 1.81. The minimum atomic E-state index is 0.0604. The van der Waals surface area contributed by atoms with Crippen LogP contribution in [0, 0.1) is 6.92 Å². The van der Waals surface area contributed by atoms with Crippen molar-refractivity contribution in [3.05, 3.63) is 71.7 Å². The van der Waals surface area contributed by atoms with E-state index in [-0.39, 0.29) is 5.91 Å². The minimum absolute atomic E-state index is 0.0604. The number of hydrogen-bond donors (Lipinski definition) is 0. The predicted molar refractivity (Wildman–Crippen MR) is 100 cm³/mol. The number of nitrogens with zero attached hydrogens (tertiary/aromatic N) is 3. The molecule has 1 aliphatic rings. The zero-order chi connectivity index (χ0) is 18.1. The van der Waals surface area contributed by atoms with Crippen molar-refractivity contribution in [1.82, 2.24) is 14.5 Å². The highest BCUT2D eigenvalue weighted by atomic mass is 16.5. The molecule has 0 unspecified atom stereocenters. The van der Waals surface area contributed by atoms with Crippen LogP contribution in [0.4, 0.5) is 0 Å². The van der Waals surface area contributed by atoms with E-state index in [0.717, 1.165) is 40.5 Å². The molecule has 1 aromatic heterocycles. The van der Waals surface area contributed by atoms with Crippen molar-refractivity contribution in [2.24, 2.45) is 0 Å². The van der Waals surface area contributed by atoms with Crippen LogP contribution in [0.2, 0.25) is 0 Å². The molecule has 26 heavy (non-hydrogen) atoms. The summed E-state index contributed by atoms with van der Waals surface area (Å²) < 4.78 is 7.42. The molecule has 0 saturated heterocycles. The maximum Gasteiger partial charge on any atom is 0.254 e. The number of carbonyl (C=O) groups is 1. The summed E-state index contributed by atoms with van der Waals surface area (Å²) >= 11 is 0. The lowest BCUT2D eigenvalue weighted by Gasteiger charge is -2.28. The third-order valence-electron chi connectivity index (χ3n) is 4.84. The number of carbonyl (C=O) groups excluding carboxylic acids is 1. The topological polar surface area (TPSA) is 47.4 Å². The molecule has 2 aromatic carbocycles. The number of fused-ring (bicyclic) bond motifs is 1. The van der Waals surface area contributed by atoms with Gasteiger partial charge in [0.1, 0.15) is 11.6 Å². The average Bonchev–Trinajstić information content (AvgIpc) is 3.11. The highest BCUT2D eigenvalue weighted by Crippen LogP contribution is 2.26. The fourth-order valence-corrected chi connectivity index (χ4v) is 3.30. The molecule has 5 heteroatoms. The zero-order valence-electron chi connectivity index (χ0n) is 15.0. The maximum atomic E-state index is 12.7. The summed E-state index contributed by atoms with van der Waals surface area (Å²) in [4.78, 5) is 19.2. The Morgan fingerprint density at radius 2 is 1.77 bits per heavy atom. The summed E-state index contributed by atoms with van der Waals surface area (Å²) in [6.07, 6.45) is 1.89. The summed E-state index contributed by atoms with van der Waals surface area (Å²) in [5, 5.41) is 0. The summed E-state index contributed by atoms with van der Waals surface area (Å²) in [6, 6.07) is 15.7. The van der Waals surface area contributed by atoms with Gasteiger partial charge >= 0.3 is 0 Å².